The topological polar surface area (TPSA) is 105 Å². The molecule has 138 valence electrons. The van der Waals surface area contributed by atoms with E-state index in [-0.39, 0.29) is 27.6 Å². The summed E-state index contributed by atoms with van der Waals surface area (Å²) in [6.07, 6.45) is 2.85. The number of hydrogen-bond acceptors (Lipinski definition) is 9. The average molecular weight is 460 g/mol. The van der Waals surface area contributed by atoms with Gasteiger partial charge < -0.3 is 19.9 Å². The highest BCUT2D eigenvalue weighted by Crippen LogP contribution is 2.33. The first-order valence-electron chi connectivity index (χ1n) is 7.05. The average Bonchev–Trinajstić information content (AvgIpc) is 3.19. The Labute approximate surface area is 165 Å². The molecule has 7 nitrogen and oxygen atoms in total. The zero-order valence-corrected chi connectivity index (χ0v) is 17.0. The maximum atomic E-state index is 11.9. The summed E-state index contributed by atoms with van der Waals surface area (Å²) >= 11 is 5.65. The first kappa shape index (κ1) is 20.1. The van der Waals surface area contributed by atoms with E-state index in [9.17, 15) is 14.4 Å². The second kappa shape index (κ2) is 8.97. The maximum absolute atomic E-state index is 11.9. The van der Waals surface area contributed by atoms with Gasteiger partial charge in [0.1, 0.15) is 22.0 Å². The molecular weight excluding hydrogens is 446 g/mol. The Balaban J connectivity index is 2.19. The predicted molar refractivity (Wildman–Crippen MR) is 102 cm³/mol. The number of anilines is 1. The van der Waals surface area contributed by atoms with Gasteiger partial charge in [0.05, 0.1) is 18.0 Å². The number of methoxy groups -OCH3 is 2. The van der Waals surface area contributed by atoms with E-state index in [4.69, 9.17) is 10.5 Å². The van der Waals surface area contributed by atoms with Crippen molar-refractivity contribution in [1.29, 1.82) is 0 Å². The highest BCUT2D eigenvalue weighted by atomic mass is 79.9. The summed E-state index contributed by atoms with van der Waals surface area (Å²) in [6, 6.07) is 3.69. The predicted octanol–water partition coefficient (Wildman–Crippen LogP) is 3.48. The fourth-order valence-corrected chi connectivity index (χ4v) is 4.27. The van der Waals surface area contributed by atoms with Crippen LogP contribution in [0.4, 0.5) is 5.00 Å². The van der Waals surface area contributed by atoms with Crippen LogP contribution < -0.4 is 5.73 Å². The number of halogens is 1. The lowest BCUT2D eigenvalue weighted by Gasteiger charge is -2.06. The van der Waals surface area contributed by atoms with Gasteiger partial charge >= 0.3 is 17.9 Å². The van der Waals surface area contributed by atoms with E-state index < -0.39 is 17.9 Å². The lowest BCUT2D eigenvalue weighted by Crippen LogP contribution is -2.11. The molecule has 2 N–H and O–H groups in total. The molecule has 0 atom stereocenters. The Bertz CT molecular complexity index is 870. The molecule has 0 saturated carbocycles. The van der Waals surface area contributed by atoms with Gasteiger partial charge in [-0.3, -0.25) is 0 Å². The summed E-state index contributed by atoms with van der Waals surface area (Å²) in [5, 5.41) is 0.0854. The van der Waals surface area contributed by atoms with Crippen LogP contribution in [0, 0.1) is 0 Å². The molecule has 10 heteroatoms. The largest absolute Gasteiger partial charge is 0.465 e. The molecule has 0 bridgehead atoms. The van der Waals surface area contributed by atoms with Gasteiger partial charge in [0.25, 0.3) is 0 Å². The Hall–Kier alpha value is -2.17. The smallest absolute Gasteiger partial charge is 0.348 e. The van der Waals surface area contributed by atoms with Crippen LogP contribution in [-0.4, -0.2) is 32.1 Å². The third-order valence-electron chi connectivity index (χ3n) is 3.13. The minimum absolute atomic E-state index is 0.00290. The van der Waals surface area contributed by atoms with E-state index in [0.29, 0.717) is 0 Å². The number of carbonyl (C=O) groups excluding carboxylic acids is 3. The van der Waals surface area contributed by atoms with Gasteiger partial charge in [0.15, 0.2) is 0 Å². The molecule has 0 aromatic carbocycles. The first-order valence-corrected chi connectivity index (χ1v) is 9.47. The van der Waals surface area contributed by atoms with Crippen LogP contribution in [0.15, 0.2) is 22.0 Å². The second-order valence-corrected chi connectivity index (χ2v) is 8.26. The van der Waals surface area contributed by atoms with Crippen LogP contribution in [0.25, 0.3) is 6.08 Å². The molecule has 26 heavy (non-hydrogen) atoms. The van der Waals surface area contributed by atoms with E-state index in [1.165, 1.54) is 31.6 Å². The molecule has 0 aliphatic carbocycles. The fraction of sp³-hybridized carbons (Fsp3) is 0.188. The van der Waals surface area contributed by atoms with Gasteiger partial charge in [-0.1, -0.05) is 0 Å². The highest BCUT2D eigenvalue weighted by molar-refractivity contribution is 9.11. The van der Waals surface area contributed by atoms with Crippen LogP contribution in [-0.2, 0) is 25.6 Å². The zero-order valence-electron chi connectivity index (χ0n) is 13.7. The van der Waals surface area contributed by atoms with E-state index in [1.54, 1.807) is 6.08 Å². The molecular formula is C16H14BrNO6S2. The molecule has 0 fully saturated rings. The summed E-state index contributed by atoms with van der Waals surface area (Å²) in [4.78, 5) is 36.7. The molecule has 0 spiro atoms. The third-order valence-corrected chi connectivity index (χ3v) is 5.76. The van der Waals surface area contributed by atoms with Crippen LogP contribution in [0.2, 0.25) is 0 Å². The van der Waals surface area contributed by atoms with Crippen molar-refractivity contribution in [3.8, 4) is 0 Å². The Kier molecular flexibility index (Phi) is 6.95. The fourth-order valence-electron chi connectivity index (χ4n) is 1.97. The molecule has 0 amide bonds. The molecule has 2 aromatic heterocycles. The van der Waals surface area contributed by atoms with E-state index in [1.807, 2.05) is 12.1 Å². The molecule has 0 aliphatic heterocycles. The van der Waals surface area contributed by atoms with Crippen LogP contribution >= 0.6 is 38.6 Å². The van der Waals surface area contributed by atoms with Crippen molar-refractivity contribution < 1.29 is 28.6 Å². The summed E-state index contributed by atoms with van der Waals surface area (Å²) in [5.74, 6) is -2.04. The molecule has 0 radical (unpaired) electrons. The van der Waals surface area contributed by atoms with Crippen LogP contribution in [0.5, 0.6) is 0 Å². The third kappa shape index (κ3) is 4.71. The Morgan fingerprint density at radius 3 is 2.42 bits per heavy atom. The van der Waals surface area contributed by atoms with Gasteiger partial charge in [-0.15, -0.1) is 22.7 Å². The van der Waals surface area contributed by atoms with Gasteiger partial charge in [0, 0.05) is 16.5 Å². The summed E-state index contributed by atoms with van der Waals surface area (Å²) in [6.45, 7) is -0.320. The molecule has 0 aliphatic rings. The SMILES string of the molecule is COC(=O)c1sc(N)c(C(=O)OC)c1COC(=O)C=Cc1ccc(Br)s1. The minimum atomic E-state index is -0.723. The van der Waals surface area contributed by atoms with Crippen molar-refractivity contribution in [2.45, 2.75) is 6.61 Å². The number of esters is 3. The lowest BCUT2D eigenvalue weighted by atomic mass is 10.1. The normalized spacial score (nSPS) is 10.7. The second-order valence-electron chi connectivity index (χ2n) is 4.72. The summed E-state index contributed by atoms with van der Waals surface area (Å²) < 4.78 is 15.4. The van der Waals surface area contributed by atoms with E-state index in [2.05, 4.69) is 25.4 Å². The zero-order chi connectivity index (χ0) is 19.3. The molecule has 2 rings (SSSR count). The van der Waals surface area contributed by atoms with Crippen molar-refractivity contribution in [1.82, 2.24) is 0 Å². The number of rotatable bonds is 6. The van der Waals surface area contributed by atoms with Gasteiger partial charge in [-0.2, -0.15) is 0 Å². The molecule has 2 aromatic rings. The number of nitrogens with two attached hydrogens (primary N) is 1. The van der Waals surface area contributed by atoms with Crippen molar-refractivity contribution in [3.05, 3.63) is 42.9 Å². The molecule has 2 heterocycles. The highest BCUT2D eigenvalue weighted by Gasteiger charge is 2.27. The Morgan fingerprint density at radius 1 is 1.15 bits per heavy atom. The summed E-state index contributed by atoms with van der Waals surface area (Å²) in [5.41, 5.74) is 5.96. The van der Waals surface area contributed by atoms with Crippen LogP contribution in [0.3, 0.4) is 0 Å². The van der Waals surface area contributed by atoms with E-state index >= 15 is 0 Å². The van der Waals surface area contributed by atoms with Gasteiger partial charge in [0.2, 0.25) is 0 Å². The number of nitrogen functional groups attached to an aromatic ring is 1. The number of ether oxygens (including phenoxy) is 3. The van der Waals surface area contributed by atoms with Crippen molar-refractivity contribution in [2.24, 2.45) is 0 Å². The lowest BCUT2D eigenvalue weighted by molar-refractivity contribution is -0.138. The van der Waals surface area contributed by atoms with Crippen LogP contribution in [0.1, 0.15) is 30.5 Å². The number of thiophene rings is 2. The summed E-state index contributed by atoms with van der Waals surface area (Å²) in [7, 11) is 2.39. The standard InChI is InChI=1S/C16H14BrNO6S2/c1-22-15(20)12-9(13(16(21)23-2)26-14(12)18)7-24-11(19)6-4-8-3-5-10(17)25-8/h3-6H,7,18H2,1-2H3. The monoisotopic (exact) mass is 459 g/mol. The maximum Gasteiger partial charge on any atom is 0.348 e. The first-order chi connectivity index (χ1) is 12.4. The molecule has 0 unspecified atom stereocenters. The molecule has 0 saturated heterocycles. The Morgan fingerprint density at radius 2 is 1.85 bits per heavy atom. The van der Waals surface area contributed by atoms with Gasteiger partial charge in [-0.25, -0.2) is 14.4 Å². The van der Waals surface area contributed by atoms with E-state index in [0.717, 1.165) is 20.0 Å². The van der Waals surface area contributed by atoms with Crippen molar-refractivity contribution in [2.75, 3.05) is 20.0 Å². The minimum Gasteiger partial charge on any atom is -0.465 e. The van der Waals surface area contributed by atoms with Gasteiger partial charge in [-0.05, 0) is 34.1 Å². The van der Waals surface area contributed by atoms with Crippen molar-refractivity contribution in [3.63, 3.8) is 0 Å². The number of hydrogen-bond donors (Lipinski definition) is 1. The van der Waals surface area contributed by atoms with Crippen molar-refractivity contribution >= 4 is 67.6 Å². The quantitative estimate of drug-likeness (QED) is 0.400. The number of carbonyl (C=O) groups is 3.